The lowest BCUT2D eigenvalue weighted by atomic mass is 9.97. The normalized spacial score (nSPS) is 12.7. The summed E-state index contributed by atoms with van der Waals surface area (Å²) in [4.78, 5) is 4.43. The quantitative estimate of drug-likeness (QED) is 0.639. The van der Waals surface area contributed by atoms with Crippen LogP contribution in [0.2, 0.25) is 0 Å². The number of rotatable bonds is 4. The summed E-state index contributed by atoms with van der Waals surface area (Å²) in [5, 5.41) is 0. The van der Waals surface area contributed by atoms with Crippen LogP contribution in [0.1, 0.15) is 35.5 Å². The molecular weight excluding hydrogens is 224 g/mol. The molecule has 4 nitrogen and oxygen atoms in total. The van der Waals surface area contributed by atoms with Gasteiger partial charge in [0.05, 0.1) is 0 Å². The van der Waals surface area contributed by atoms with E-state index >= 15 is 0 Å². The van der Waals surface area contributed by atoms with Crippen molar-refractivity contribution in [2.75, 3.05) is 0 Å². The van der Waals surface area contributed by atoms with Gasteiger partial charge >= 0.3 is 0 Å². The monoisotopic (exact) mass is 244 g/mol. The molecular formula is C14H20N4. The summed E-state index contributed by atoms with van der Waals surface area (Å²) in [6, 6.07) is 6.20. The van der Waals surface area contributed by atoms with Crippen LogP contribution < -0.4 is 11.3 Å². The highest BCUT2D eigenvalue weighted by Gasteiger charge is 2.19. The molecule has 0 aliphatic carbocycles. The van der Waals surface area contributed by atoms with Crippen molar-refractivity contribution in [3.63, 3.8) is 0 Å². The molecule has 0 saturated carbocycles. The summed E-state index contributed by atoms with van der Waals surface area (Å²) in [5.74, 6) is 6.69. The maximum atomic E-state index is 5.74. The van der Waals surface area contributed by atoms with E-state index in [4.69, 9.17) is 5.84 Å². The molecule has 0 spiro atoms. The maximum Gasteiger partial charge on any atom is 0.131 e. The molecule has 0 amide bonds. The van der Waals surface area contributed by atoms with Gasteiger partial charge in [-0.2, -0.15) is 0 Å². The SMILES string of the molecule is CCn1ccnc1C(NN)c1cccc(C)c1C. The van der Waals surface area contributed by atoms with Crippen LogP contribution in [0, 0.1) is 13.8 Å². The smallest absolute Gasteiger partial charge is 0.131 e. The fraction of sp³-hybridized carbons (Fsp3) is 0.357. The van der Waals surface area contributed by atoms with E-state index in [9.17, 15) is 0 Å². The molecule has 0 saturated heterocycles. The molecule has 18 heavy (non-hydrogen) atoms. The average Bonchev–Trinajstić information content (AvgIpc) is 2.83. The van der Waals surface area contributed by atoms with Gasteiger partial charge in [0, 0.05) is 18.9 Å². The second-order valence-corrected chi connectivity index (χ2v) is 4.46. The number of imidazole rings is 1. The van der Waals surface area contributed by atoms with E-state index in [2.05, 4.69) is 53.9 Å². The van der Waals surface area contributed by atoms with Gasteiger partial charge < -0.3 is 4.57 Å². The lowest BCUT2D eigenvalue weighted by Crippen LogP contribution is -2.31. The molecule has 2 aromatic rings. The van der Waals surface area contributed by atoms with Gasteiger partial charge in [-0.15, -0.1) is 0 Å². The van der Waals surface area contributed by atoms with Crippen molar-refractivity contribution in [1.82, 2.24) is 15.0 Å². The van der Waals surface area contributed by atoms with Crippen molar-refractivity contribution in [2.24, 2.45) is 5.84 Å². The predicted molar refractivity (Wildman–Crippen MR) is 73.0 cm³/mol. The van der Waals surface area contributed by atoms with Crippen LogP contribution in [0.15, 0.2) is 30.6 Å². The highest BCUT2D eigenvalue weighted by molar-refractivity contribution is 5.38. The van der Waals surface area contributed by atoms with Crippen LogP contribution in [0.4, 0.5) is 0 Å². The molecule has 1 atom stereocenters. The van der Waals surface area contributed by atoms with Gasteiger partial charge in [-0.1, -0.05) is 18.2 Å². The zero-order valence-electron chi connectivity index (χ0n) is 11.1. The minimum atomic E-state index is -0.0696. The number of hydrogen-bond acceptors (Lipinski definition) is 3. The number of hydrogen-bond donors (Lipinski definition) is 2. The lowest BCUT2D eigenvalue weighted by molar-refractivity contribution is 0.558. The Morgan fingerprint density at radius 1 is 1.39 bits per heavy atom. The second-order valence-electron chi connectivity index (χ2n) is 4.46. The third-order valence-corrected chi connectivity index (χ3v) is 3.47. The van der Waals surface area contributed by atoms with Crippen molar-refractivity contribution < 1.29 is 0 Å². The van der Waals surface area contributed by atoms with Crippen molar-refractivity contribution in [1.29, 1.82) is 0 Å². The summed E-state index contributed by atoms with van der Waals surface area (Å²) in [5.41, 5.74) is 6.58. The summed E-state index contributed by atoms with van der Waals surface area (Å²) in [7, 11) is 0. The van der Waals surface area contributed by atoms with E-state index in [1.165, 1.54) is 16.7 Å². The third-order valence-electron chi connectivity index (χ3n) is 3.47. The molecule has 0 aliphatic heterocycles. The molecule has 0 fully saturated rings. The van der Waals surface area contributed by atoms with Gasteiger partial charge in [0.15, 0.2) is 0 Å². The number of nitrogens with two attached hydrogens (primary N) is 1. The first-order chi connectivity index (χ1) is 8.69. The number of nitrogens with one attached hydrogen (secondary N) is 1. The van der Waals surface area contributed by atoms with Gasteiger partial charge in [-0.3, -0.25) is 5.84 Å². The fourth-order valence-electron chi connectivity index (χ4n) is 2.24. The number of aryl methyl sites for hydroxylation is 2. The van der Waals surface area contributed by atoms with Crippen LogP contribution in [0.25, 0.3) is 0 Å². The van der Waals surface area contributed by atoms with E-state index in [0.29, 0.717) is 0 Å². The van der Waals surface area contributed by atoms with E-state index in [-0.39, 0.29) is 6.04 Å². The van der Waals surface area contributed by atoms with Gasteiger partial charge in [0.25, 0.3) is 0 Å². The Labute approximate surface area is 108 Å². The largest absolute Gasteiger partial charge is 0.334 e. The van der Waals surface area contributed by atoms with Gasteiger partial charge in [0.2, 0.25) is 0 Å². The Morgan fingerprint density at radius 3 is 2.83 bits per heavy atom. The van der Waals surface area contributed by atoms with Gasteiger partial charge in [-0.05, 0) is 37.5 Å². The molecule has 0 bridgehead atoms. The number of nitrogens with zero attached hydrogens (tertiary/aromatic N) is 2. The van der Waals surface area contributed by atoms with Crippen molar-refractivity contribution in [3.05, 3.63) is 53.1 Å². The first-order valence-electron chi connectivity index (χ1n) is 6.22. The topological polar surface area (TPSA) is 55.9 Å². The third kappa shape index (κ3) is 2.17. The zero-order valence-corrected chi connectivity index (χ0v) is 11.1. The van der Waals surface area contributed by atoms with Crippen LogP contribution in [-0.2, 0) is 6.54 Å². The highest BCUT2D eigenvalue weighted by atomic mass is 15.3. The maximum absolute atomic E-state index is 5.74. The molecule has 1 aromatic heterocycles. The Kier molecular flexibility index (Phi) is 3.79. The molecule has 2 rings (SSSR count). The van der Waals surface area contributed by atoms with Gasteiger partial charge in [0.1, 0.15) is 11.9 Å². The Bertz CT molecular complexity index is 530. The van der Waals surface area contributed by atoms with Crippen LogP contribution in [-0.4, -0.2) is 9.55 Å². The van der Waals surface area contributed by atoms with Crippen molar-refractivity contribution in [3.8, 4) is 0 Å². The molecule has 1 heterocycles. The molecule has 4 heteroatoms. The first kappa shape index (κ1) is 12.8. The minimum Gasteiger partial charge on any atom is -0.334 e. The highest BCUT2D eigenvalue weighted by Crippen LogP contribution is 2.24. The minimum absolute atomic E-state index is 0.0696. The van der Waals surface area contributed by atoms with Crippen LogP contribution in [0.5, 0.6) is 0 Å². The Morgan fingerprint density at radius 2 is 2.17 bits per heavy atom. The van der Waals surface area contributed by atoms with E-state index < -0.39 is 0 Å². The average molecular weight is 244 g/mol. The summed E-state index contributed by atoms with van der Waals surface area (Å²) in [6.07, 6.45) is 3.79. The van der Waals surface area contributed by atoms with Gasteiger partial charge in [-0.25, -0.2) is 10.4 Å². The van der Waals surface area contributed by atoms with Crippen molar-refractivity contribution in [2.45, 2.75) is 33.4 Å². The lowest BCUT2D eigenvalue weighted by Gasteiger charge is -2.20. The van der Waals surface area contributed by atoms with Crippen molar-refractivity contribution >= 4 is 0 Å². The predicted octanol–water partition coefficient (Wildman–Crippen LogP) is 2.07. The van der Waals surface area contributed by atoms with Crippen LogP contribution >= 0.6 is 0 Å². The van der Waals surface area contributed by atoms with E-state index in [0.717, 1.165) is 12.4 Å². The fourth-order valence-corrected chi connectivity index (χ4v) is 2.24. The Balaban J connectivity index is 2.49. The molecule has 0 radical (unpaired) electrons. The standard InChI is InChI=1S/C14H20N4/c1-4-18-9-8-16-14(18)13(17-15)12-7-5-6-10(2)11(12)3/h5-9,13,17H,4,15H2,1-3H3. The summed E-state index contributed by atoms with van der Waals surface area (Å²) >= 11 is 0. The van der Waals surface area contributed by atoms with Crippen LogP contribution in [0.3, 0.4) is 0 Å². The van der Waals surface area contributed by atoms with E-state index in [1.807, 2.05) is 12.4 Å². The summed E-state index contributed by atoms with van der Waals surface area (Å²) < 4.78 is 2.10. The second kappa shape index (κ2) is 5.33. The zero-order chi connectivity index (χ0) is 13.1. The number of hydrazine groups is 1. The molecule has 0 aliphatic rings. The number of aromatic nitrogens is 2. The number of benzene rings is 1. The van der Waals surface area contributed by atoms with E-state index in [1.54, 1.807) is 0 Å². The summed E-state index contributed by atoms with van der Waals surface area (Å²) in [6.45, 7) is 7.22. The molecule has 96 valence electrons. The first-order valence-corrected chi connectivity index (χ1v) is 6.22. The molecule has 3 N–H and O–H groups in total. The Hall–Kier alpha value is -1.65. The molecule has 1 unspecified atom stereocenters. The molecule has 1 aromatic carbocycles.